The second kappa shape index (κ2) is 4.06. The Morgan fingerprint density at radius 3 is 2.76 bits per heavy atom. The van der Waals surface area contributed by atoms with Crippen molar-refractivity contribution < 1.29 is 5.11 Å². The van der Waals surface area contributed by atoms with Crippen molar-refractivity contribution in [3.63, 3.8) is 0 Å². The van der Waals surface area contributed by atoms with Gasteiger partial charge in [-0.3, -0.25) is 4.68 Å². The summed E-state index contributed by atoms with van der Waals surface area (Å²) in [4.78, 5) is 0. The Morgan fingerprint density at radius 2 is 2.00 bits per heavy atom. The summed E-state index contributed by atoms with van der Waals surface area (Å²) in [6.07, 6.45) is 6.50. The molecule has 2 aromatic rings. The van der Waals surface area contributed by atoms with Crippen molar-refractivity contribution in [3.05, 3.63) is 23.9 Å². The van der Waals surface area contributed by atoms with Gasteiger partial charge < -0.3 is 5.11 Å². The molecule has 1 aliphatic carbocycles. The smallest absolute Gasteiger partial charge is 0.143 e. The summed E-state index contributed by atoms with van der Waals surface area (Å²) in [5.74, 6) is 0.903. The Balaban J connectivity index is 2.14. The fraction of sp³-hybridized carbons (Fsp3) is 0.500. The van der Waals surface area contributed by atoms with Gasteiger partial charge in [-0.2, -0.15) is 5.10 Å². The molecule has 0 amide bonds. The number of fused-ring (bicyclic) bond motifs is 1. The van der Waals surface area contributed by atoms with Crippen LogP contribution in [0, 0.1) is 0 Å². The summed E-state index contributed by atoms with van der Waals surface area (Å²) in [5, 5.41) is 15.4. The van der Waals surface area contributed by atoms with E-state index in [-0.39, 0.29) is 0 Å². The van der Waals surface area contributed by atoms with E-state index in [0.29, 0.717) is 11.7 Å². The minimum atomic E-state index is 0.292. The van der Waals surface area contributed by atoms with E-state index < -0.39 is 0 Å². The van der Waals surface area contributed by atoms with Crippen molar-refractivity contribution in [1.82, 2.24) is 9.78 Å². The maximum atomic E-state index is 9.83. The van der Waals surface area contributed by atoms with Crippen molar-refractivity contribution in [3.8, 4) is 5.75 Å². The number of rotatable bonds is 1. The van der Waals surface area contributed by atoms with E-state index in [1.54, 1.807) is 6.07 Å². The molecule has 1 fully saturated rings. The predicted octanol–water partition coefficient (Wildman–Crippen LogP) is 3.33. The van der Waals surface area contributed by atoms with Crippen LogP contribution >= 0.6 is 0 Å². The van der Waals surface area contributed by atoms with Crippen molar-refractivity contribution in [2.75, 3.05) is 0 Å². The molecule has 0 saturated heterocycles. The van der Waals surface area contributed by atoms with Crippen LogP contribution in [0.1, 0.15) is 43.7 Å². The Morgan fingerprint density at radius 1 is 1.24 bits per heavy atom. The monoisotopic (exact) mass is 230 g/mol. The van der Waals surface area contributed by atoms with E-state index in [2.05, 4.69) is 11.2 Å². The van der Waals surface area contributed by atoms with E-state index in [1.807, 2.05) is 17.8 Å². The molecule has 0 spiro atoms. The van der Waals surface area contributed by atoms with Crippen LogP contribution in [0.25, 0.3) is 10.9 Å². The third-order valence-corrected chi connectivity index (χ3v) is 3.88. The molecule has 1 aromatic carbocycles. The van der Waals surface area contributed by atoms with Crippen LogP contribution in [-0.4, -0.2) is 14.9 Å². The first kappa shape index (κ1) is 10.6. The average molecular weight is 230 g/mol. The summed E-state index contributed by atoms with van der Waals surface area (Å²) in [6, 6.07) is 5.69. The molecule has 17 heavy (non-hydrogen) atoms. The normalized spacial score (nSPS) is 17.7. The molecular formula is C14H18N2O. The summed E-state index contributed by atoms with van der Waals surface area (Å²) in [5.41, 5.74) is 2.05. The van der Waals surface area contributed by atoms with Crippen molar-refractivity contribution in [2.24, 2.45) is 7.05 Å². The summed E-state index contributed by atoms with van der Waals surface area (Å²) < 4.78 is 1.96. The van der Waals surface area contributed by atoms with Crippen LogP contribution in [0.4, 0.5) is 0 Å². The van der Waals surface area contributed by atoms with Crippen LogP contribution < -0.4 is 0 Å². The molecule has 0 bridgehead atoms. The van der Waals surface area contributed by atoms with Crippen LogP contribution in [0.15, 0.2) is 18.2 Å². The van der Waals surface area contributed by atoms with E-state index in [4.69, 9.17) is 0 Å². The van der Waals surface area contributed by atoms with E-state index >= 15 is 0 Å². The molecule has 0 aliphatic heterocycles. The van der Waals surface area contributed by atoms with E-state index in [1.165, 1.54) is 37.8 Å². The number of benzene rings is 1. The maximum absolute atomic E-state index is 9.83. The van der Waals surface area contributed by atoms with Crippen molar-refractivity contribution >= 4 is 10.9 Å². The van der Waals surface area contributed by atoms with Gasteiger partial charge in [-0.15, -0.1) is 0 Å². The van der Waals surface area contributed by atoms with Gasteiger partial charge in [0.25, 0.3) is 0 Å². The number of phenolic OH excluding ortho intramolecular Hbond substituents is 1. The van der Waals surface area contributed by atoms with Gasteiger partial charge >= 0.3 is 0 Å². The van der Waals surface area contributed by atoms with Crippen LogP contribution in [-0.2, 0) is 7.05 Å². The maximum Gasteiger partial charge on any atom is 0.143 e. The molecule has 3 heteroatoms. The summed E-state index contributed by atoms with van der Waals surface area (Å²) in [6.45, 7) is 0. The van der Waals surface area contributed by atoms with Gasteiger partial charge in [0.15, 0.2) is 0 Å². The first-order valence-electron chi connectivity index (χ1n) is 6.42. The number of nitrogens with zero attached hydrogens (tertiary/aromatic N) is 2. The zero-order valence-corrected chi connectivity index (χ0v) is 10.2. The molecule has 1 heterocycles. The number of hydrogen-bond acceptors (Lipinski definition) is 2. The SMILES string of the molecule is Cn1nc2c(O)cccc2c1C1CCCCC1. The van der Waals surface area contributed by atoms with E-state index in [0.717, 1.165) is 10.9 Å². The molecule has 0 atom stereocenters. The molecule has 3 rings (SSSR count). The summed E-state index contributed by atoms with van der Waals surface area (Å²) in [7, 11) is 1.99. The molecule has 1 saturated carbocycles. The Hall–Kier alpha value is -1.51. The third-order valence-electron chi connectivity index (χ3n) is 3.88. The Bertz CT molecular complexity index is 538. The van der Waals surface area contributed by atoms with Gasteiger partial charge in [-0.25, -0.2) is 0 Å². The van der Waals surface area contributed by atoms with Crippen LogP contribution in [0.5, 0.6) is 5.75 Å². The number of aryl methyl sites for hydroxylation is 1. The first-order valence-corrected chi connectivity index (χ1v) is 6.42. The standard InChI is InChI=1S/C14H18N2O/c1-16-14(10-6-3-2-4-7-10)11-8-5-9-12(17)13(11)15-16/h5,8-10,17H,2-4,6-7H2,1H3. The molecule has 0 unspecified atom stereocenters. The van der Waals surface area contributed by atoms with Gasteiger partial charge in [-0.05, 0) is 18.9 Å². The fourth-order valence-electron chi connectivity index (χ4n) is 3.08. The second-order valence-corrected chi connectivity index (χ2v) is 5.02. The number of phenols is 1. The fourth-order valence-corrected chi connectivity index (χ4v) is 3.08. The zero-order chi connectivity index (χ0) is 11.8. The highest BCUT2D eigenvalue weighted by atomic mass is 16.3. The first-order chi connectivity index (χ1) is 8.27. The van der Waals surface area contributed by atoms with Gasteiger partial charge in [-0.1, -0.05) is 31.4 Å². The average Bonchev–Trinajstić information content (AvgIpc) is 2.68. The highest BCUT2D eigenvalue weighted by molar-refractivity contribution is 5.87. The van der Waals surface area contributed by atoms with E-state index in [9.17, 15) is 5.11 Å². The predicted molar refractivity (Wildman–Crippen MR) is 68.2 cm³/mol. The molecule has 1 aliphatic rings. The number of aromatic hydroxyl groups is 1. The Kier molecular flexibility index (Phi) is 2.54. The highest BCUT2D eigenvalue weighted by Crippen LogP contribution is 2.37. The topological polar surface area (TPSA) is 38.0 Å². The number of aromatic nitrogens is 2. The lowest BCUT2D eigenvalue weighted by molar-refractivity contribution is 0.426. The molecule has 1 aromatic heterocycles. The lowest BCUT2D eigenvalue weighted by atomic mass is 9.85. The third kappa shape index (κ3) is 1.70. The van der Waals surface area contributed by atoms with Crippen LogP contribution in [0.3, 0.4) is 0 Å². The lowest BCUT2D eigenvalue weighted by Crippen LogP contribution is -2.09. The molecule has 90 valence electrons. The minimum absolute atomic E-state index is 0.292. The molecule has 3 nitrogen and oxygen atoms in total. The van der Waals surface area contributed by atoms with Crippen molar-refractivity contribution in [1.29, 1.82) is 0 Å². The zero-order valence-electron chi connectivity index (χ0n) is 10.2. The van der Waals surface area contributed by atoms with Gasteiger partial charge in [0.1, 0.15) is 11.3 Å². The quantitative estimate of drug-likeness (QED) is 0.816. The van der Waals surface area contributed by atoms with Gasteiger partial charge in [0.05, 0.1) is 0 Å². The molecule has 1 N–H and O–H groups in total. The minimum Gasteiger partial charge on any atom is -0.506 e. The number of hydrogen-bond donors (Lipinski definition) is 1. The second-order valence-electron chi connectivity index (χ2n) is 5.02. The van der Waals surface area contributed by atoms with Crippen molar-refractivity contribution in [2.45, 2.75) is 38.0 Å². The van der Waals surface area contributed by atoms with Crippen LogP contribution in [0.2, 0.25) is 0 Å². The highest BCUT2D eigenvalue weighted by Gasteiger charge is 2.22. The van der Waals surface area contributed by atoms with Gasteiger partial charge in [0.2, 0.25) is 0 Å². The molecule has 0 radical (unpaired) electrons. The molecular weight excluding hydrogens is 212 g/mol. The Labute approximate surface area is 101 Å². The lowest BCUT2D eigenvalue weighted by Gasteiger charge is -2.22. The van der Waals surface area contributed by atoms with Gasteiger partial charge in [0, 0.05) is 24.0 Å². The largest absolute Gasteiger partial charge is 0.506 e. The summed E-state index contributed by atoms with van der Waals surface area (Å²) >= 11 is 0.